The van der Waals surface area contributed by atoms with Crippen molar-refractivity contribution in [2.45, 2.75) is 64.0 Å². The van der Waals surface area contributed by atoms with Gasteiger partial charge in [0.25, 0.3) is 5.91 Å². The van der Waals surface area contributed by atoms with E-state index in [4.69, 9.17) is 0 Å². The van der Waals surface area contributed by atoms with E-state index in [-0.39, 0.29) is 29.7 Å². The fraction of sp³-hybridized carbons (Fsp3) is 0.640. The minimum absolute atomic E-state index is 0.000185. The van der Waals surface area contributed by atoms with Crippen molar-refractivity contribution in [1.29, 1.82) is 0 Å². The molecule has 1 aromatic carbocycles. The maximum Gasteiger partial charge on any atom is 0.258 e. The molecule has 3 amide bonds. The molecular formula is C25H31N3O3. The lowest BCUT2D eigenvalue weighted by molar-refractivity contribution is -0.125. The van der Waals surface area contributed by atoms with Crippen LogP contribution in [0.15, 0.2) is 24.3 Å². The molecule has 164 valence electrons. The summed E-state index contributed by atoms with van der Waals surface area (Å²) in [7, 11) is 0. The number of carbonyl (C=O) groups is 3. The fourth-order valence-electron chi connectivity index (χ4n) is 7.93. The standard InChI is InChI=1S/C25H31N3O3/c1-24-7-6-22(30)28(24)20-5-3-2-4-19(20)23(31)27(24)14-21(29)26-15-25-11-16-8-17(12-25)10-18(9-16)13-25/h2-5,16-18H,6-15H2,1H3,(H,26,29). The molecule has 7 rings (SSSR count). The molecule has 6 heteroatoms. The van der Waals surface area contributed by atoms with Gasteiger partial charge < -0.3 is 10.2 Å². The highest BCUT2D eigenvalue weighted by atomic mass is 16.2. The molecule has 6 aliphatic rings. The van der Waals surface area contributed by atoms with E-state index in [0.29, 0.717) is 24.1 Å². The first-order valence-corrected chi connectivity index (χ1v) is 11.9. The van der Waals surface area contributed by atoms with Crippen molar-refractivity contribution in [1.82, 2.24) is 10.2 Å². The number of anilines is 1. The second-order valence-electron chi connectivity index (χ2n) is 11.0. The SMILES string of the molecule is CC12CCC(=O)N1c1ccccc1C(=O)N2CC(=O)NCC12CC3CC(CC(C3)C1)C2. The Morgan fingerprint density at radius 1 is 1.06 bits per heavy atom. The van der Waals surface area contributed by atoms with Gasteiger partial charge in [-0.25, -0.2) is 0 Å². The molecule has 4 aliphatic carbocycles. The number of carbonyl (C=O) groups excluding carboxylic acids is 3. The van der Waals surface area contributed by atoms with E-state index >= 15 is 0 Å². The first-order chi connectivity index (χ1) is 14.9. The molecule has 4 bridgehead atoms. The Hall–Kier alpha value is -2.37. The molecule has 0 spiro atoms. The Bertz CT molecular complexity index is 937. The van der Waals surface area contributed by atoms with Gasteiger partial charge in [0, 0.05) is 13.0 Å². The zero-order valence-electron chi connectivity index (χ0n) is 18.2. The number of nitrogens with zero attached hydrogens (tertiary/aromatic N) is 2. The zero-order valence-corrected chi connectivity index (χ0v) is 18.2. The largest absolute Gasteiger partial charge is 0.354 e. The number of hydrogen-bond donors (Lipinski definition) is 1. The summed E-state index contributed by atoms with van der Waals surface area (Å²) in [4.78, 5) is 42.4. The van der Waals surface area contributed by atoms with Crippen LogP contribution >= 0.6 is 0 Å². The normalized spacial score (nSPS) is 37.8. The van der Waals surface area contributed by atoms with Crippen LogP contribution < -0.4 is 10.2 Å². The summed E-state index contributed by atoms with van der Waals surface area (Å²) in [6, 6.07) is 7.25. The van der Waals surface area contributed by atoms with Crippen LogP contribution in [0.4, 0.5) is 5.69 Å². The molecule has 1 saturated heterocycles. The van der Waals surface area contributed by atoms with Gasteiger partial charge in [0.1, 0.15) is 12.2 Å². The molecule has 1 N–H and O–H groups in total. The van der Waals surface area contributed by atoms with Crippen LogP contribution in [0.1, 0.15) is 68.6 Å². The Labute approximate surface area is 183 Å². The van der Waals surface area contributed by atoms with Crippen LogP contribution in [0.25, 0.3) is 0 Å². The molecule has 0 aromatic heterocycles. The molecule has 1 aromatic rings. The second-order valence-corrected chi connectivity index (χ2v) is 11.0. The third kappa shape index (κ3) is 2.86. The van der Waals surface area contributed by atoms with Gasteiger partial charge in [0.15, 0.2) is 0 Å². The average molecular weight is 422 g/mol. The second kappa shape index (κ2) is 6.57. The maximum atomic E-state index is 13.3. The highest BCUT2D eigenvalue weighted by Gasteiger charge is 2.54. The van der Waals surface area contributed by atoms with E-state index in [1.54, 1.807) is 15.9 Å². The molecule has 1 atom stereocenters. The van der Waals surface area contributed by atoms with E-state index in [1.807, 2.05) is 25.1 Å². The van der Waals surface area contributed by atoms with E-state index in [9.17, 15) is 14.4 Å². The van der Waals surface area contributed by atoms with Gasteiger partial charge in [0.05, 0.1) is 11.3 Å². The summed E-state index contributed by atoms with van der Waals surface area (Å²) >= 11 is 0. The Morgan fingerprint density at radius 2 is 1.71 bits per heavy atom. The summed E-state index contributed by atoms with van der Waals surface area (Å²) < 4.78 is 0. The van der Waals surface area contributed by atoms with Crippen molar-refractivity contribution >= 4 is 23.4 Å². The van der Waals surface area contributed by atoms with Gasteiger partial charge in [-0.05, 0) is 87.2 Å². The van der Waals surface area contributed by atoms with Crippen molar-refractivity contribution in [3.05, 3.63) is 29.8 Å². The number of amides is 3. The van der Waals surface area contributed by atoms with Crippen molar-refractivity contribution in [2.24, 2.45) is 23.2 Å². The number of hydrogen-bond acceptors (Lipinski definition) is 3. The Morgan fingerprint density at radius 3 is 2.39 bits per heavy atom. The Kier molecular flexibility index (Phi) is 4.09. The molecule has 31 heavy (non-hydrogen) atoms. The van der Waals surface area contributed by atoms with Gasteiger partial charge in [0.2, 0.25) is 11.8 Å². The number of nitrogens with one attached hydrogen (secondary N) is 1. The van der Waals surface area contributed by atoms with Gasteiger partial charge in [-0.2, -0.15) is 0 Å². The monoisotopic (exact) mass is 421 g/mol. The molecule has 4 saturated carbocycles. The van der Waals surface area contributed by atoms with E-state index in [0.717, 1.165) is 24.3 Å². The molecule has 0 radical (unpaired) electrons. The smallest absolute Gasteiger partial charge is 0.258 e. The predicted octanol–water partition coefficient (Wildman–Crippen LogP) is 3.32. The van der Waals surface area contributed by atoms with Gasteiger partial charge in [-0.3, -0.25) is 19.3 Å². The lowest BCUT2D eigenvalue weighted by atomic mass is 9.49. The van der Waals surface area contributed by atoms with Crippen molar-refractivity contribution in [3.63, 3.8) is 0 Å². The molecule has 2 heterocycles. The number of rotatable bonds is 4. The van der Waals surface area contributed by atoms with Crippen LogP contribution in [0.5, 0.6) is 0 Å². The number of para-hydroxylation sites is 1. The third-order valence-electron chi connectivity index (χ3n) is 8.87. The van der Waals surface area contributed by atoms with E-state index < -0.39 is 5.66 Å². The minimum Gasteiger partial charge on any atom is -0.354 e. The van der Waals surface area contributed by atoms with Crippen LogP contribution in [0.2, 0.25) is 0 Å². The number of fused-ring (bicyclic) bond motifs is 3. The molecule has 2 aliphatic heterocycles. The van der Waals surface area contributed by atoms with Crippen molar-refractivity contribution in [3.8, 4) is 0 Å². The molecule has 5 fully saturated rings. The number of benzene rings is 1. The Balaban J connectivity index is 1.20. The van der Waals surface area contributed by atoms with Crippen LogP contribution in [0.3, 0.4) is 0 Å². The molecular weight excluding hydrogens is 390 g/mol. The average Bonchev–Trinajstić information content (AvgIpc) is 3.04. The first-order valence-electron chi connectivity index (χ1n) is 11.9. The molecule has 1 unspecified atom stereocenters. The lowest BCUT2D eigenvalue weighted by Crippen LogP contribution is -2.64. The highest BCUT2D eigenvalue weighted by Crippen LogP contribution is 2.59. The highest BCUT2D eigenvalue weighted by molar-refractivity contribution is 6.11. The van der Waals surface area contributed by atoms with Gasteiger partial charge >= 0.3 is 0 Å². The third-order valence-corrected chi connectivity index (χ3v) is 8.87. The van der Waals surface area contributed by atoms with Gasteiger partial charge in [-0.15, -0.1) is 0 Å². The lowest BCUT2D eigenvalue weighted by Gasteiger charge is -2.57. The predicted molar refractivity (Wildman–Crippen MR) is 116 cm³/mol. The quantitative estimate of drug-likeness (QED) is 0.811. The van der Waals surface area contributed by atoms with Crippen LogP contribution in [-0.2, 0) is 9.59 Å². The van der Waals surface area contributed by atoms with Gasteiger partial charge in [-0.1, -0.05) is 12.1 Å². The van der Waals surface area contributed by atoms with Crippen LogP contribution in [-0.4, -0.2) is 41.4 Å². The summed E-state index contributed by atoms with van der Waals surface area (Å²) in [5, 5.41) is 3.20. The van der Waals surface area contributed by atoms with Crippen LogP contribution in [0, 0.1) is 23.2 Å². The zero-order chi connectivity index (χ0) is 21.4. The summed E-state index contributed by atoms with van der Waals surface area (Å²) in [6.07, 6.45) is 8.84. The first kappa shape index (κ1) is 19.3. The minimum atomic E-state index is -0.777. The summed E-state index contributed by atoms with van der Waals surface area (Å²) in [6.45, 7) is 2.64. The van der Waals surface area contributed by atoms with E-state index in [2.05, 4.69) is 5.32 Å². The van der Waals surface area contributed by atoms with Crippen molar-refractivity contribution in [2.75, 3.05) is 18.0 Å². The topological polar surface area (TPSA) is 69.7 Å². The van der Waals surface area contributed by atoms with Crippen molar-refractivity contribution < 1.29 is 14.4 Å². The molecule has 6 nitrogen and oxygen atoms in total. The summed E-state index contributed by atoms with van der Waals surface area (Å²) in [5.41, 5.74) is 0.662. The maximum absolute atomic E-state index is 13.3. The summed E-state index contributed by atoms with van der Waals surface area (Å²) in [5.74, 6) is 2.29. The fourth-order valence-corrected chi connectivity index (χ4v) is 7.93. The van der Waals surface area contributed by atoms with E-state index in [1.165, 1.54) is 38.5 Å².